The summed E-state index contributed by atoms with van der Waals surface area (Å²) in [5.41, 5.74) is 2.39. The second kappa shape index (κ2) is 4.75. The van der Waals surface area contributed by atoms with Crippen LogP contribution in [0.15, 0.2) is 30.3 Å². The number of aryl methyl sites for hydroxylation is 1. The molecule has 2 nitrogen and oxygen atoms in total. The van der Waals surface area contributed by atoms with Crippen molar-refractivity contribution in [3.8, 4) is 5.75 Å². The third-order valence-electron chi connectivity index (χ3n) is 3.56. The number of thiophene rings is 1. The molecular weight excluding hydrogens is 242 g/mol. The molecule has 3 rings (SSSR count). The molecule has 1 aromatic heterocycles. The highest BCUT2D eigenvalue weighted by atomic mass is 32.1. The maximum Gasteiger partial charge on any atom is 0.119 e. The summed E-state index contributed by atoms with van der Waals surface area (Å²) in [7, 11) is 0. The first kappa shape index (κ1) is 11.8. The number of phenolic OH excluding ortho intramolecular Hbond substituents is 1. The van der Waals surface area contributed by atoms with Gasteiger partial charge in [0, 0.05) is 22.3 Å². The van der Waals surface area contributed by atoms with E-state index in [1.807, 2.05) is 17.4 Å². The summed E-state index contributed by atoms with van der Waals surface area (Å²) < 4.78 is 0. The van der Waals surface area contributed by atoms with E-state index in [0.717, 1.165) is 24.9 Å². The Kier molecular flexibility index (Phi) is 3.10. The first-order valence-corrected chi connectivity index (χ1v) is 7.15. The lowest BCUT2D eigenvalue weighted by Crippen LogP contribution is -2.17. The van der Waals surface area contributed by atoms with Gasteiger partial charge in [0.05, 0.1) is 0 Å². The Balaban J connectivity index is 1.71. The smallest absolute Gasteiger partial charge is 0.119 e. The summed E-state index contributed by atoms with van der Waals surface area (Å²) >= 11 is 1.84. The average Bonchev–Trinajstić information content (AvgIpc) is 2.94. The average molecular weight is 259 g/mol. The number of aromatic hydroxyl groups is 1. The molecule has 0 spiro atoms. The Bertz CT molecular complexity index is 561. The van der Waals surface area contributed by atoms with Crippen LogP contribution in [0.3, 0.4) is 0 Å². The lowest BCUT2D eigenvalue weighted by atomic mass is 10.1. The first-order valence-electron chi connectivity index (χ1n) is 6.33. The molecule has 1 aliphatic carbocycles. The van der Waals surface area contributed by atoms with Gasteiger partial charge in [0.1, 0.15) is 5.75 Å². The Hall–Kier alpha value is -1.32. The van der Waals surface area contributed by atoms with Gasteiger partial charge in [0.25, 0.3) is 0 Å². The second-order valence-electron chi connectivity index (χ2n) is 4.83. The minimum absolute atomic E-state index is 0.384. The highest BCUT2D eigenvalue weighted by molar-refractivity contribution is 7.11. The molecule has 0 radical (unpaired) electrons. The van der Waals surface area contributed by atoms with E-state index in [1.54, 1.807) is 6.07 Å². The van der Waals surface area contributed by atoms with Crippen molar-refractivity contribution >= 4 is 11.3 Å². The van der Waals surface area contributed by atoms with Crippen LogP contribution < -0.4 is 5.32 Å². The molecule has 18 heavy (non-hydrogen) atoms. The van der Waals surface area contributed by atoms with Crippen LogP contribution in [0.5, 0.6) is 5.75 Å². The molecule has 0 amide bonds. The third kappa shape index (κ3) is 2.16. The molecule has 0 aliphatic heterocycles. The van der Waals surface area contributed by atoms with Crippen molar-refractivity contribution in [1.29, 1.82) is 0 Å². The molecule has 1 aromatic carbocycles. The zero-order valence-corrected chi connectivity index (χ0v) is 11.3. The van der Waals surface area contributed by atoms with Gasteiger partial charge in [-0.25, -0.2) is 0 Å². The molecule has 1 aliphatic rings. The number of rotatable bonds is 3. The van der Waals surface area contributed by atoms with E-state index in [4.69, 9.17) is 0 Å². The lowest BCUT2D eigenvalue weighted by molar-refractivity contribution is 0.469. The van der Waals surface area contributed by atoms with E-state index in [1.165, 1.54) is 15.3 Å². The van der Waals surface area contributed by atoms with Crippen molar-refractivity contribution < 1.29 is 5.11 Å². The number of fused-ring (bicyclic) bond motifs is 1. The fourth-order valence-corrected chi connectivity index (χ4v) is 3.49. The lowest BCUT2D eigenvalue weighted by Gasteiger charge is -2.13. The molecule has 1 heterocycles. The molecule has 0 saturated heterocycles. The van der Waals surface area contributed by atoms with E-state index in [2.05, 4.69) is 30.4 Å². The van der Waals surface area contributed by atoms with E-state index in [0.29, 0.717) is 11.8 Å². The van der Waals surface area contributed by atoms with Gasteiger partial charge in [-0.15, -0.1) is 11.3 Å². The zero-order chi connectivity index (χ0) is 12.5. The molecule has 0 bridgehead atoms. The van der Waals surface area contributed by atoms with Gasteiger partial charge in [0.2, 0.25) is 0 Å². The molecule has 0 saturated carbocycles. The number of hydrogen-bond acceptors (Lipinski definition) is 3. The maximum absolute atomic E-state index is 9.81. The fraction of sp³-hybridized carbons (Fsp3) is 0.333. The maximum atomic E-state index is 9.81. The van der Waals surface area contributed by atoms with Gasteiger partial charge in [-0.1, -0.05) is 12.1 Å². The third-order valence-corrected chi connectivity index (χ3v) is 4.57. The highest BCUT2D eigenvalue weighted by Crippen LogP contribution is 2.36. The number of hydrogen-bond donors (Lipinski definition) is 2. The van der Waals surface area contributed by atoms with E-state index in [9.17, 15) is 5.11 Å². The molecule has 1 unspecified atom stereocenters. The summed E-state index contributed by atoms with van der Waals surface area (Å²) in [5.74, 6) is 0.448. The zero-order valence-electron chi connectivity index (χ0n) is 10.4. The van der Waals surface area contributed by atoms with Gasteiger partial charge in [-0.3, -0.25) is 0 Å². The number of phenols is 1. The van der Waals surface area contributed by atoms with Gasteiger partial charge in [-0.2, -0.15) is 0 Å². The number of nitrogens with one attached hydrogen (secondary N) is 1. The van der Waals surface area contributed by atoms with E-state index >= 15 is 0 Å². The minimum Gasteiger partial charge on any atom is -0.508 e. The van der Waals surface area contributed by atoms with Crippen molar-refractivity contribution in [2.24, 2.45) is 0 Å². The van der Waals surface area contributed by atoms with E-state index in [-0.39, 0.29) is 0 Å². The Morgan fingerprint density at radius 2 is 2.22 bits per heavy atom. The van der Waals surface area contributed by atoms with Crippen molar-refractivity contribution in [3.63, 3.8) is 0 Å². The fourth-order valence-electron chi connectivity index (χ4n) is 2.65. The van der Waals surface area contributed by atoms with Crippen LogP contribution in [0, 0.1) is 6.92 Å². The molecule has 3 heteroatoms. The van der Waals surface area contributed by atoms with Crippen LogP contribution in [0.4, 0.5) is 0 Å². The van der Waals surface area contributed by atoms with Crippen molar-refractivity contribution in [1.82, 2.24) is 5.32 Å². The van der Waals surface area contributed by atoms with Crippen LogP contribution in [-0.4, -0.2) is 5.11 Å². The second-order valence-corrected chi connectivity index (χ2v) is 6.20. The normalized spacial score (nSPS) is 17.9. The topological polar surface area (TPSA) is 32.3 Å². The summed E-state index contributed by atoms with van der Waals surface area (Å²) in [6.45, 7) is 3.05. The Labute approximate surface area is 111 Å². The van der Waals surface area contributed by atoms with Crippen LogP contribution >= 0.6 is 11.3 Å². The van der Waals surface area contributed by atoms with Gasteiger partial charge < -0.3 is 10.4 Å². The van der Waals surface area contributed by atoms with Crippen LogP contribution in [-0.2, 0) is 13.0 Å². The summed E-state index contributed by atoms with van der Waals surface area (Å²) in [6.07, 6.45) is 2.06. The summed E-state index contributed by atoms with van der Waals surface area (Å²) in [4.78, 5) is 2.73. The van der Waals surface area contributed by atoms with Gasteiger partial charge >= 0.3 is 0 Å². The van der Waals surface area contributed by atoms with Gasteiger partial charge in [0.15, 0.2) is 0 Å². The Morgan fingerprint density at radius 3 is 3.00 bits per heavy atom. The van der Waals surface area contributed by atoms with Gasteiger partial charge in [-0.05, 0) is 49.1 Å². The van der Waals surface area contributed by atoms with Crippen molar-refractivity contribution in [2.45, 2.75) is 32.4 Å². The molecule has 2 aromatic rings. The molecular formula is C15H17NOS. The molecule has 0 fully saturated rings. The predicted octanol–water partition coefficient (Wildman–Crippen LogP) is 3.54. The molecule has 2 N–H and O–H groups in total. The standard InChI is InChI=1S/C15H17NOS/c1-10-5-6-11(18-10)9-16-14-8-7-13-12(14)3-2-4-15(13)17/h2-6,14,16-17H,7-9H2,1H3. The summed E-state index contributed by atoms with van der Waals surface area (Å²) in [6, 6.07) is 10.6. The first-order chi connectivity index (χ1) is 8.74. The minimum atomic E-state index is 0.384. The number of benzene rings is 1. The van der Waals surface area contributed by atoms with Crippen LogP contribution in [0.2, 0.25) is 0 Å². The van der Waals surface area contributed by atoms with Crippen molar-refractivity contribution in [2.75, 3.05) is 0 Å². The summed E-state index contributed by atoms with van der Waals surface area (Å²) in [5, 5.41) is 13.4. The molecule has 1 atom stereocenters. The van der Waals surface area contributed by atoms with Crippen LogP contribution in [0.1, 0.15) is 33.3 Å². The predicted molar refractivity (Wildman–Crippen MR) is 75.1 cm³/mol. The molecule has 94 valence electrons. The SMILES string of the molecule is Cc1ccc(CNC2CCc3c(O)cccc32)s1. The quantitative estimate of drug-likeness (QED) is 0.883. The highest BCUT2D eigenvalue weighted by Gasteiger charge is 2.23. The van der Waals surface area contributed by atoms with Crippen LogP contribution in [0.25, 0.3) is 0 Å². The van der Waals surface area contributed by atoms with E-state index < -0.39 is 0 Å². The largest absolute Gasteiger partial charge is 0.508 e. The monoisotopic (exact) mass is 259 g/mol. The Morgan fingerprint density at radius 1 is 1.33 bits per heavy atom. The van der Waals surface area contributed by atoms with Crippen molar-refractivity contribution in [3.05, 3.63) is 51.2 Å².